The van der Waals surface area contributed by atoms with Gasteiger partial charge in [0.15, 0.2) is 5.60 Å². The van der Waals surface area contributed by atoms with Crippen molar-refractivity contribution in [2.75, 3.05) is 65.8 Å². The van der Waals surface area contributed by atoms with Gasteiger partial charge in [0.2, 0.25) is 0 Å². The van der Waals surface area contributed by atoms with E-state index in [-0.39, 0.29) is 5.91 Å². The minimum absolute atomic E-state index is 0.0319. The number of rotatable bonds is 3. The molecule has 3 heterocycles. The number of morpholine rings is 2. The Balaban J connectivity index is 1.61. The second kappa shape index (κ2) is 7.03. The van der Waals surface area contributed by atoms with E-state index in [9.17, 15) is 9.90 Å². The minimum Gasteiger partial charge on any atom is -0.388 e. The van der Waals surface area contributed by atoms with Crippen molar-refractivity contribution in [1.82, 2.24) is 9.80 Å². The molecule has 0 aliphatic carbocycles. The van der Waals surface area contributed by atoms with Gasteiger partial charge in [0.25, 0.3) is 5.91 Å². The Morgan fingerprint density at radius 3 is 2.39 bits per heavy atom. The lowest BCUT2D eigenvalue weighted by Gasteiger charge is -2.45. The van der Waals surface area contributed by atoms with Gasteiger partial charge < -0.3 is 24.2 Å². The molecule has 3 rings (SSSR count). The lowest BCUT2D eigenvalue weighted by atomic mass is 9.92. The van der Waals surface area contributed by atoms with Crippen molar-refractivity contribution < 1.29 is 24.1 Å². The molecule has 23 heavy (non-hydrogen) atoms. The SMILES string of the molecule is C[C@]1(C(=O)N2CCOCC2)CN(CC2(O)CCOCC2)CCO1. The topological polar surface area (TPSA) is 71.5 Å². The summed E-state index contributed by atoms with van der Waals surface area (Å²) in [6.45, 7) is 7.85. The molecule has 0 radical (unpaired) electrons. The standard InChI is InChI=1S/C16H28N2O5/c1-15(14(19)18-5-9-22-10-6-18)12-17(4-11-23-15)13-16(20)2-7-21-8-3-16/h20H,2-13H2,1H3/t15-/m1/s1. The second-order valence-corrected chi connectivity index (χ2v) is 7.03. The summed E-state index contributed by atoms with van der Waals surface area (Å²) in [4.78, 5) is 16.8. The molecule has 7 nitrogen and oxygen atoms in total. The van der Waals surface area contributed by atoms with Crippen LogP contribution in [0.15, 0.2) is 0 Å². The molecule has 3 aliphatic heterocycles. The van der Waals surface area contributed by atoms with Crippen molar-refractivity contribution >= 4 is 5.91 Å². The van der Waals surface area contributed by atoms with Gasteiger partial charge in [-0.25, -0.2) is 0 Å². The maximum atomic E-state index is 12.8. The summed E-state index contributed by atoms with van der Waals surface area (Å²) in [6.07, 6.45) is 1.30. The molecule has 0 saturated carbocycles. The molecular formula is C16H28N2O5. The molecule has 3 aliphatic rings. The first-order valence-electron chi connectivity index (χ1n) is 8.54. The van der Waals surface area contributed by atoms with Gasteiger partial charge in [0, 0.05) is 58.8 Å². The molecule has 0 aromatic carbocycles. The molecule has 0 unspecified atom stereocenters. The zero-order valence-corrected chi connectivity index (χ0v) is 14.0. The van der Waals surface area contributed by atoms with Gasteiger partial charge in [0.05, 0.1) is 25.4 Å². The monoisotopic (exact) mass is 328 g/mol. The fraction of sp³-hybridized carbons (Fsp3) is 0.938. The number of hydrogen-bond acceptors (Lipinski definition) is 6. The summed E-state index contributed by atoms with van der Waals surface area (Å²) in [6, 6.07) is 0. The van der Waals surface area contributed by atoms with Crippen molar-refractivity contribution in [2.45, 2.75) is 31.0 Å². The van der Waals surface area contributed by atoms with Gasteiger partial charge >= 0.3 is 0 Å². The maximum Gasteiger partial charge on any atom is 0.256 e. The Labute approximate surface area is 137 Å². The predicted octanol–water partition coefficient (Wildman–Crippen LogP) is -0.522. The van der Waals surface area contributed by atoms with Crippen LogP contribution in [0.1, 0.15) is 19.8 Å². The summed E-state index contributed by atoms with van der Waals surface area (Å²) in [7, 11) is 0. The van der Waals surface area contributed by atoms with Gasteiger partial charge in [-0.2, -0.15) is 0 Å². The van der Waals surface area contributed by atoms with Crippen molar-refractivity contribution in [2.24, 2.45) is 0 Å². The van der Waals surface area contributed by atoms with Crippen molar-refractivity contribution in [3.05, 3.63) is 0 Å². The van der Waals surface area contributed by atoms with Gasteiger partial charge in [-0.3, -0.25) is 9.69 Å². The Morgan fingerprint density at radius 2 is 1.70 bits per heavy atom. The van der Waals surface area contributed by atoms with Crippen LogP contribution in [-0.4, -0.2) is 97.8 Å². The summed E-state index contributed by atoms with van der Waals surface area (Å²) in [5.41, 5.74) is -1.55. The number of aliphatic hydroxyl groups is 1. The molecule has 1 atom stereocenters. The average Bonchev–Trinajstić information content (AvgIpc) is 2.55. The quantitative estimate of drug-likeness (QED) is 0.752. The molecule has 0 aromatic rings. The highest BCUT2D eigenvalue weighted by Gasteiger charge is 2.44. The Kier molecular flexibility index (Phi) is 5.22. The number of nitrogens with zero attached hydrogens (tertiary/aromatic N) is 2. The molecule has 0 spiro atoms. The highest BCUT2D eigenvalue weighted by molar-refractivity contribution is 5.85. The molecule has 1 N–H and O–H groups in total. The van der Waals surface area contributed by atoms with E-state index in [0.717, 1.165) is 6.54 Å². The smallest absolute Gasteiger partial charge is 0.256 e. The van der Waals surface area contributed by atoms with E-state index in [1.165, 1.54) is 0 Å². The number of carbonyl (C=O) groups excluding carboxylic acids is 1. The minimum atomic E-state index is -0.836. The van der Waals surface area contributed by atoms with Crippen LogP contribution >= 0.6 is 0 Å². The zero-order valence-electron chi connectivity index (χ0n) is 14.0. The number of amides is 1. The molecule has 1 amide bonds. The van der Waals surface area contributed by atoms with E-state index in [2.05, 4.69) is 4.90 Å². The lowest BCUT2D eigenvalue weighted by Crippen LogP contribution is -2.62. The van der Waals surface area contributed by atoms with Crippen molar-refractivity contribution in [3.8, 4) is 0 Å². The van der Waals surface area contributed by atoms with E-state index < -0.39 is 11.2 Å². The Bertz CT molecular complexity index is 421. The highest BCUT2D eigenvalue weighted by Crippen LogP contribution is 2.26. The fourth-order valence-corrected chi connectivity index (χ4v) is 3.64. The van der Waals surface area contributed by atoms with Gasteiger partial charge in [-0.15, -0.1) is 0 Å². The molecule has 0 bridgehead atoms. The summed E-state index contributed by atoms with van der Waals surface area (Å²) in [5, 5.41) is 10.7. The van der Waals surface area contributed by atoms with E-state index in [4.69, 9.17) is 14.2 Å². The number of carbonyl (C=O) groups is 1. The molecule has 7 heteroatoms. The van der Waals surface area contributed by atoms with Gasteiger partial charge in [0.1, 0.15) is 0 Å². The van der Waals surface area contributed by atoms with Gasteiger partial charge in [-0.1, -0.05) is 0 Å². The first-order chi connectivity index (χ1) is 11.0. The first-order valence-corrected chi connectivity index (χ1v) is 8.54. The van der Waals surface area contributed by atoms with Crippen molar-refractivity contribution in [1.29, 1.82) is 0 Å². The normalized spacial score (nSPS) is 32.7. The third-order valence-electron chi connectivity index (χ3n) is 5.05. The maximum absolute atomic E-state index is 12.8. The van der Waals surface area contributed by atoms with Crippen LogP contribution in [0.3, 0.4) is 0 Å². The van der Waals surface area contributed by atoms with Crippen LogP contribution in [0.2, 0.25) is 0 Å². The lowest BCUT2D eigenvalue weighted by molar-refractivity contribution is -0.175. The van der Waals surface area contributed by atoms with Crippen LogP contribution in [0.25, 0.3) is 0 Å². The molecule has 3 saturated heterocycles. The number of hydrogen-bond donors (Lipinski definition) is 1. The Morgan fingerprint density at radius 1 is 1.04 bits per heavy atom. The summed E-state index contributed by atoms with van der Waals surface area (Å²) < 4.78 is 16.5. The van der Waals surface area contributed by atoms with E-state index in [1.54, 1.807) is 0 Å². The average molecular weight is 328 g/mol. The summed E-state index contributed by atoms with van der Waals surface area (Å²) >= 11 is 0. The molecule has 132 valence electrons. The van der Waals surface area contributed by atoms with Crippen LogP contribution in [0, 0.1) is 0 Å². The van der Waals surface area contributed by atoms with Crippen LogP contribution in [0.5, 0.6) is 0 Å². The first kappa shape index (κ1) is 17.1. The Hall–Kier alpha value is -0.730. The van der Waals surface area contributed by atoms with Crippen LogP contribution in [0.4, 0.5) is 0 Å². The van der Waals surface area contributed by atoms with Crippen molar-refractivity contribution in [3.63, 3.8) is 0 Å². The number of β-amino-alcohol motifs (C(OH)–C–C–N with tert-alkyl or cyclic N) is 1. The third-order valence-corrected chi connectivity index (χ3v) is 5.05. The molecular weight excluding hydrogens is 300 g/mol. The molecule has 3 fully saturated rings. The summed E-state index contributed by atoms with van der Waals surface area (Å²) in [5.74, 6) is 0.0319. The zero-order chi connectivity index (χ0) is 16.3. The second-order valence-electron chi connectivity index (χ2n) is 7.03. The third kappa shape index (κ3) is 4.03. The highest BCUT2D eigenvalue weighted by atomic mass is 16.5. The van der Waals surface area contributed by atoms with E-state index in [0.29, 0.717) is 72.1 Å². The fourth-order valence-electron chi connectivity index (χ4n) is 3.64. The van der Waals surface area contributed by atoms with Crippen LogP contribution < -0.4 is 0 Å². The van der Waals surface area contributed by atoms with E-state index >= 15 is 0 Å². The van der Waals surface area contributed by atoms with Gasteiger partial charge in [-0.05, 0) is 6.92 Å². The largest absolute Gasteiger partial charge is 0.388 e. The predicted molar refractivity (Wildman–Crippen MR) is 83.2 cm³/mol. The number of ether oxygens (including phenoxy) is 3. The molecule has 0 aromatic heterocycles. The van der Waals surface area contributed by atoms with E-state index in [1.807, 2.05) is 11.8 Å². The van der Waals surface area contributed by atoms with Crippen LogP contribution in [-0.2, 0) is 19.0 Å².